The lowest BCUT2D eigenvalue weighted by atomic mass is 9.97. The van der Waals surface area contributed by atoms with Crippen LogP contribution < -0.4 is 10.2 Å². The molecule has 1 amide bonds. The van der Waals surface area contributed by atoms with Crippen molar-refractivity contribution in [1.29, 1.82) is 0 Å². The summed E-state index contributed by atoms with van der Waals surface area (Å²) >= 11 is 0. The van der Waals surface area contributed by atoms with Crippen LogP contribution in [0.5, 0.6) is 0 Å². The van der Waals surface area contributed by atoms with Gasteiger partial charge < -0.3 is 10.2 Å². The van der Waals surface area contributed by atoms with Crippen molar-refractivity contribution >= 4 is 23.1 Å². The summed E-state index contributed by atoms with van der Waals surface area (Å²) in [5.74, 6) is 0.991. The van der Waals surface area contributed by atoms with Crippen LogP contribution in [0.4, 0.5) is 17.2 Å². The van der Waals surface area contributed by atoms with E-state index in [0.717, 1.165) is 25.2 Å². The molecule has 0 aliphatic carbocycles. The molecule has 30 heavy (non-hydrogen) atoms. The third kappa shape index (κ3) is 4.09. The third-order valence-corrected chi connectivity index (χ3v) is 5.09. The van der Waals surface area contributed by atoms with E-state index in [-0.39, 0.29) is 17.5 Å². The number of nitrogens with one attached hydrogen (secondary N) is 1. The lowest BCUT2D eigenvalue weighted by molar-refractivity contribution is -0.384. The van der Waals surface area contributed by atoms with Gasteiger partial charge in [-0.1, -0.05) is 0 Å². The SMILES string of the molecule is Cc1cc([N+](=O)[O-])ccc1NC(=O)C1CCCN(c2cc(-n3cncn3)ncn2)C1. The topological polar surface area (TPSA) is 132 Å². The van der Waals surface area contributed by atoms with Gasteiger partial charge in [0.15, 0.2) is 5.82 Å². The van der Waals surface area contributed by atoms with Crippen LogP contribution in [0.1, 0.15) is 18.4 Å². The van der Waals surface area contributed by atoms with Gasteiger partial charge in [-0.3, -0.25) is 14.9 Å². The number of piperidine rings is 1. The number of rotatable bonds is 5. The van der Waals surface area contributed by atoms with E-state index in [1.807, 2.05) is 6.07 Å². The molecule has 0 spiro atoms. The molecule has 1 aliphatic rings. The Bertz CT molecular complexity index is 1070. The summed E-state index contributed by atoms with van der Waals surface area (Å²) in [6.45, 7) is 3.04. The highest BCUT2D eigenvalue weighted by molar-refractivity contribution is 5.93. The zero-order valence-electron chi connectivity index (χ0n) is 16.3. The number of carbonyl (C=O) groups is 1. The molecule has 4 rings (SSSR count). The monoisotopic (exact) mass is 408 g/mol. The van der Waals surface area contributed by atoms with Gasteiger partial charge in [0.2, 0.25) is 5.91 Å². The van der Waals surface area contributed by atoms with Gasteiger partial charge in [-0.05, 0) is 31.4 Å². The van der Waals surface area contributed by atoms with E-state index in [1.54, 1.807) is 24.0 Å². The highest BCUT2D eigenvalue weighted by Crippen LogP contribution is 2.25. The van der Waals surface area contributed by atoms with Gasteiger partial charge in [0.05, 0.1) is 10.8 Å². The first-order valence-electron chi connectivity index (χ1n) is 9.49. The Hall–Kier alpha value is -3.89. The van der Waals surface area contributed by atoms with Crippen LogP contribution in [0.25, 0.3) is 5.82 Å². The molecule has 1 N–H and O–H groups in total. The zero-order chi connectivity index (χ0) is 21.1. The largest absolute Gasteiger partial charge is 0.356 e. The number of aromatic nitrogens is 5. The summed E-state index contributed by atoms with van der Waals surface area (Å²) in [6, 6.07) is 6.23. The first-order valence-corrected chi connectivity index (χ1v) is 9.49. The van der Waals surface area contributed by atoms with E-state index in [4.69, 9.17) is 0 Å². The average molecular weight is 408 g/mol. The van der Waals surface area contributed by atoms with Crippen molar-refractivity contribution < 1.29 is 9.72 Å². The molecular weight excluding hydrogens is 388 g/mol. The predicted molar refractivity (Wildman–Crippen MR) is 108 cm³/mol. The Morgan fingerprint density at radius 1 is 1.23 bits per heavy atom. The Balaban J connectivity index is 1.46. The second kappa shape index (κ2) is 8.23. The van der Waals surface area contributed by atoms with E-state index in [1.165, 1.54) is 24.8 Å². The molecule has 1 unspecified atom stereocenters. The van der Waals surface area contributed by atoms with Gasteiger partial charge in [0.1, 0.15) is 24.8 Å². The highest BCUT2D eigenvalue weighted by Gasteiger charge is 2.27. The standard InChI is InChI=1S/C19H20N8O3/c1-13-7-15(27(29)30)4-5-16(13)24-19(28)14-3-2-6-25(9-14)17-8-18(22-11-21-17)26-12-20-10-23-26/h4-5,7-8,10-12,14H,2-3,6,9H2,1H3,(H,24,28). The van der Waals surface area contributed by atoms with Crippen molar-refractivity contribution in [3.63, 3.8) is 0 Å². The quantitative estimate of drug-likeness (QED) is 0.501. The Kier molecular flexibility index (Phi) is 5.33. The number of carbonyl (C=O) groups excluding carboxylic acids is 1. The minimum atomic E-state index is -0.451. The van der Waals surface area contributed by atoms with Crippen LogP contribution in [0.3, 0.4) is 0 Å². The van der Waals surface area contributed by atoms with Gasteiger partial charge in [-0.2, -0.15) is 5.10 Å². The van der Waals surface area contributed by atoms with Crippen LogP contribution in [-0.2, 0) is 4.79 Å². The fraction of sp³-hybridized carbons (Fsp3) is 0.316. The summed E-state index contributed by atoms with van der Waals surface area (Å²) in [5, 5.41) is 17.9. The number of amides is 1. The Morgan fingerprint density at radius 3 is 2.80 bits per heavy atom. The molecule has 1 atom stereocenters. The van der Waals surface area contributed by atoms with E-state index in [9.17, 15) is 14.9 Å². The molecule has 1 aliphatic heterocycles. The number of nitrogens with zero attached hydrogens (tertiary/aromatic N) is 7. The highest BCUT2D eigenvalue weighted by atomic mass is 16.6. The first-order chi connectivity index (χ1) is 14.5. The minimum Gasteiger partial charge on any atom is -0.356 e. The number of nitro groups is 1. The number of non-ortho nitro benzene ring substituents is 1. The van der Waals surface area contributed by atoms with Crippen molar-refractivity contribution in [2.45, 2.75) is 19.8 Å². The molecule has 3 heterocycles. The number of hydrogen-bond donors (Lipinski definition) is 1. The summed E-state index contributed by atoms with van der Waals surface area (Å²) in [6.07, 6.45) is 6.07. The van der Waals surface area contributed by atoms with E-state index < -0.39 is 4.92 Å². The molecule has 0 bridgehead atoms. The van der Waals surface area contributed by atoms with Gasteiger partial charge >= 0.3 is 0 Å². The Morgan fingerprint density at radius 2 is 2.07 bits per heavy atom. The van der Waals surface area contributed by atoms with Crippen LogP contribution in [-0.4, -0.2) is 48.7 Å². The summed E-state index contributed by atoms with van der Waals surface area (Å²) in [7, 11) is 0. The van der Waals surface area contributed by atoms with Crippen LogP contribution in [0, 0.1) is 23.0 Å². The molecule has 1 aromatic carbocycles. The van der Waals surface area contributed by atoms with Crippen molar-refractivity contribution in [2.24, 2.45) is 5.92 Å². The summed E-state index contributed by atoms with van der Waals surface area (Å²) in [5.41, 5.74) is 1.23. The molecule has 11 heteroatoms. The van der Waals surface area contributed by atoms with Gasteiger partial charge in [0, 0.05) is 37.0 Å². The fourth-order valence-electron chi connectivity index (χ4n) is 3.50. The van der Waals surface area contributed by atoms with E-state index in [2.05, 4.69) is 30.3 Å². The van der Waals surface area contributed by atoms with Gasteiger partial charge in [-0.15, -0.1) is 0 Å². The molecule has 154 valence electrons. The van der Waals surface area contributed by atoms with Crippen molar-refractivity contribution in [3.05, 3.63) is 58.9 Å². The van der Waals surface area contributed by atoms with Crippen LogP contribution >= 0.6 is 0 Å². The molecule has 11 nitrogen and oxygen atoms in total. The predicted octanol–water partition coefficient (Wildman–Crippen LogP) is 2.13. The smallest absolute Gasteiger partial charge is 0.269 e. The minimum absolute atomic E-state index is 0.00119. The number of aryl methyl sites for hydroxylation is 1. The maximum Gasteiger partial charge on any atom is 0.269 e. The third-order valence-electron chi connectivity index (χ3n) is 5.09. The van der Waals surface area contributed by atoms with Crippen LogP contribution in [0.2, 0.25) is 0 Å². The van der Waals surface area contributed by atoms with Crippen molar-refractivity contribution in [2.75, 3.05) is 23.3 Å². The van der Waals surface area contributed by atoms with Crippen LogP contribution in [0.15, 0.2) is 43.2 Å². The second-order valence-electron chi connectivity index (χ2n) is 7.11. The second-order valence-corrected chi connectivity index (χ2v) is 7.11. The molecular formula is C19H20N8O3. The fourth-order valence-corrected chi connectivity index (χ4v) is 3.50. The number of nitro benzene ring substituents is 1. The maximum absolute atomic E-state index is 12.8. The maximum atomic E-state index is 12.8. The van der Waals surface area contributed by atoms with E-state index in [0.29, 0.717) is 23.6 Å². The molecule has 0 saturated carbocycles. The van der Waals surface area contributed by atoms with Crippen molar-refractivity contribution in [3.8, 4) is 5.82 Å². The normalized spacial score (nSPS) is 16.3. The van der Waals surface area contributed by atoms with Gasteiger partial charge in [-0.25, -0.2) is 19.6 Å². The zero-order valence-corrected chi connectivity index (χ0v) is 16.3. The van der Waals surface area contributed by atoms with Crippen molar-refractivity contribution in [1.82, 2.24) is 24.7 Å². The molecule has 2 aromatic heterocycles. The number of hydrogen-bond acceptors (Lipinski definition) is 8. The lowest BCUT2D eigenvalue weighted by Crippen LogP contribution is -2.41. The number of benzene rings is 1. The molecule has 1 fully saturated rings. The number of anilines is 2. The Labute approximate surface area is 171 Å². The molecule has 3 aromatic rings. The van der Waals surface area contributed by atoms with E-state index >= 15 is 0 Å². The molecule has 0 radical (unpaired) electrons. The molecule has 1 saturated heterocycles. The summed E-state index contributed by atoms with van der Waals surface area (Å²) in [4.78, 5) is 37.8. The summed E-state index contributed by atoms with van der Waals surface area (Å²) < 4.78 is 1.55. The first kappa shape index (κ1) is 19.4. The average Bonchev–Trinajstić information content (AvgIpc) is 3.30. The lowest BCUT2D eigenvalue weighted by Gasteiger charge is -2.33. The van der Waals surface area contributed by atoms with Gasteiger partial charge in [0.25, 0.3) is 5.69 Å².